The van der Waals surface area contributed by atoms with Crippen LogP contribution in [-0.2, 0) is 11.3 Å². The fourth-order valence-electron chi connectivity index (χ4n) is 1.86. The van der Waals surface area contributed by atoms with E-state index in [1.807, 2.05) is 11.6 Å². The number of aromatic nitrogens is 2. The number of methoxy groups -OCH3 is 1. The van der Waals surface area contributed by atoms with Crippen molar-refractivity contribution in [2.75, 3.05) is 7.11 Å². The summed E-state index contributed by atoms with van der Waals surface area (Å²) in [5.74, 6) is 0. The second-order valence-electron chi connectivity index (χ2n) is 3.78. The molecule has 0 saturated heterocycles. The van der Waals surface area contributed by atoms with Crippen molar-refractivity contribution in [1.29, 1.82) is 0 Å². The first-order valence-electron chi connectivity index (χ1n) is 5.65. The van der Waals surface area contributed by atoms with E-state index in [4.69, 9.17) is 22.1 Å². The van der Waals surface area contributed by atoms with E-state index < -0.39 is 0 Å². The Labute approximate surface area is 102 Å². The Morgan fingerprint density at radius 2 is 2.25 bits per heavy atom. The van der Waals surface area contributed by atoms with Crippen LogP contribution >= 0.6 is 11.6 Å². The highest BCUT2D eigenvalue weighted by molar-refractivity contribution is 6.31. The number of hydrogen-bond acceptors (Lipinski definition) is 3. The van der Waals surface area contributed by atoms with Gasteiger partial charge in [-0.25, -0.2) is 0 Å². The molecule has 0 bridgehead atoms. The van der Waals surface area contributed by atoms with Crippen LogP contribution < -0.4 is 5.73 Å². The molecule has 2 atom stereocenters. The van der Waals surface area contributed by atoms with Gasteiger partial charge in [0.25, 0.3) is 0 Å². The minimum absolute atomic E-state index is 0.00972. The van der Waals surface area contributed by atoms with Crippen molar-refractivity contribution in [3.8, 4) is 0 Å². The fourth-order valence-corrected chi connectivity index (χ4v) is 2.13. The molecule has 0 aliphatic carbocycles. The molecule has 5 heteroatoms. The zero-order valence-electron chi connectivity index (χ0n) is 10.1. The summed E-state index contributed by atoms with van der Waals surface area (Å²) in [5, 5.41) is 4.80. The topological polar surface area (TPSA) is 53.1 Å². The standard InChI is InChI=1S/C11H20ClN3O/c1-4-6-9(16-3)10(13)11-8(12)7-14-15(11)5-2/h7,9-10H,4-6,13H2,1-3H3. The monoisotopic (exact) mass is 245 g/mol. The summed E-state index contributed by atoms with van der Waals surface area (Å²) >= 11 is 6.10. The van der Waals surface area contributed by atoms with Crippen molar-refractivity contribution in [1.82, 2.24) is 9.78 Å². The van der Waals surface area contributed by atoms with Crippen LogP contribution in [0.15, 0.2) is 6.20 Å². The second kappa shape index (κ2) is 6.23. The molecule has 1 aromatic heterocycles. The molecular formula is C11H20ClN3O. The van der Waals surface area contributed by atoms with Gasteiger partial charge in [0.2, 0.25) is 0 Å². The summed E-state index contributed by atoms with van der Waals surface area (Å²) in [6, 6.07) is -0.222. The Hall–Kier alpha value is -0.580. The third-order valence-corrected chi connectivity index (χ3v) is 3.02. The van der Waals surface area contributed by atoms with Gasteiger partial charge in [-0.1, -0.05) is 24.9 Å². The molecule has 0 aliphatic heterocycles. The van der Waals surface area contributed by atoms with Gasteiger partial charge in [0.15, 0.2) is 0 Å². The smallest absolute Gasteiger partial charge is 0.0835 e. The van der Waals surface area contributed by atoms with Crippen LogP contribution in [0.5, 0.6) is 0 Å². The largest absolute Gasteiger partial charge is 0.379 e. The summed E-state index contributed by atoms with van der Waals surface area (Å²) in [4.78, 5) is 0. The van der Waals surface area contributed by atoms with E-state index in [0.717, 1.165) is 25.1 Å². The molecule has 0 spiro atoms. The van der Waals surface area contributed by atoms with Crippen molar-refractivity contribution in [2.45, 2.75) is 45.4 Å². The number of nitrogens with two attached hydrogens (primary N) is 1. The van der Waals surface area contributed by atoms with Crippen molar-refractivity contribution in [2.24, 2.45) is 5.73 Å². The van der Waals surface area contributed by atoms with Crippen LogP contribution in [0, 0.1) is 0 Å². The van der Waals surface area contributed by atoms with Gasteiger partial charge in [-0.15, -0.1) is 0 Å². The molecule has 0 radical (unpaired) electrons. The summed E-state index contributed by atoms with van der Waals surface area (Å²) in [5.41, 5.74) is 7.05. The third kappa shape index (κ3) is 2.75. The van der Waals surface area contributed by atoms with Gasteiger partial charge < -0.3 is 10.5 Å². The minimum Gasteiger partial charge on any atom is -0.379 e. The lowest BCUT2D eigenvalue weighted by Crippen LogP contribution is -2.30. The molecule has 0 saturated carbocycles. The van der Waals surface area contributed by atoms with Gasteiger partial charge in [0.05, 0.1) is 29.1 Å². The number of halogens is 1. The molecule has 1 aromatic rings. The lowest BCUT2D eigenvalue weighted by molar-refractivity contribution is 0.0701. The van der Waals surface area contributed by atoms with Crippen LogP contribution in [0.25, 0.3) is 0 Å². The zero-order valence-corrected chi connectivity index (χ0v) is 10.9. The van der Waals surface area contributed by atoms with Gasteiger partial charge in [0.1, 0.15) is 0 Å². The van der Waals surface area contributed by atoms with E-state index in [2.05, 4.69) is 12.0 Å². The molecule has 1 rings (SSSR count). The maximum absolute atomic E-state index is 6.19. The maximum atomic E-state index is 6.19. The average molecular weight is 246 g/mol. The second-order valence-corrected chi connectivity index (χ2v) is 4.19. The molecule has 2 unspecified atom stereocenters. The molecule has 16 heavy (non-hydrogen) atoms. The van der Waals surface area contributed by atoms with E-state index >= 15 is 0 Å². The number of hydrogen-bond donors (Lipinski definition) is 1. The summed E-state index contributed by atoms with van der Waals surface area (Å²) in [6.07, 6.45) is 3.58. The lowest BCUT2D eigenvalue weighted by atomic mass is 10.0. The number of ether oxygens (including phenoxy) is 1. The van der Waals surface area contributed by atoms with Gasteiger partial charge in [-0.05, 0) is 13.3 Å². The van der Waals surface area contributed by atoms with E-state index in [1.54, 1.807) is 13.3 Å². The number of aryl methyl sites for hydroxylation is 1. The molecule has 2 N–H and O–H groups in total. The molecule has 0 amide bonds. The first-order valence-corrected chi connectivity index (χ1v) is 6.03. The molecule has 0 fully saturated rings. The first-order chi connectivity index (χ1) is 7.65. The molecule has 1 heterocycles. The van der Waals surface area contributed by atoms with E-state index in [9.17, 15) is 0 Å². The Morgan fingerprint density at radius 1 is 1.56 bits per heavy atom. The van der Waals surface area contributed by atoms with E-state index in [-0.39, 0.29) is 12.1 Å². The zero-order chi connectivity index (χ0) is 12.1. The molecule has 0 aromatic carbocycles. The van der Waals surface area contributed by atoms with Crippen LogP contribution in [-0.4, -0.2) is 23.0 Å². The van der Waals surface area contributed by atoms with Crippen LogP contribution in [0.4, 0.5) is 0 Å². The summed E-state index contributed by atoms with van der Waals surface area (Å²) < 4.78 is 7.23. The summed E-state index contributed by atoms with van der Waals surface area (Å²) in [7, 11) is 1.68. The van der Waals surface area contributed by atoms with Crippen LogP contribution in [0.1, 0.15) is 38.4 Å². The Morgan fingerprint density at radius 3 is 2.75 bits per heavy atom. The highest BCUT2D eigenvalue weighted by Gasteiger charge is 2.24. The van der Waals surface area contributed by atoms with Crippen LogP contribution in [0.2, 0.25) is 5.02 Å². The lowest BCUT2D eigenvalue weighted by Gasteiger charge is -2.23. The highest BCUT2D eigenvalue weighted by atomic mass is 35.5. The number of nitrogens with zero attached hydrogens (tertiary/aromatic N) is 2. The normalized spacial score (nSPS) is 15.1. The molecule has 4 nitrogen and oxygen atoms in total. The highest BCUT2D eigenvalue weighted by Crippen LogP contribution is 2.26. The summed E-state index contributed by atoms with van der Waals surface area (Å²) in [6.45, 7) is 4.89. The molecule has 0 aliphatic rings. The van der Waals surface area contributed by atoms with E-state index in [0.29, 0.717) is 5.02 Å². The minimum atomic E-state index is -0.222. The van der Waals surface area contributed by atoms with Crippen molar-refractivity contribution < 1.29 is 4.74 Å². The fraction of sp³-hybridized carbons (Fsp3) is 0.727. The average Bonchev–Trinajstić information content (AvgIpc) is 2.66. The van der Waals surface area contributed by atoms with Gasteiger partial charge >= 0.3 is 0 Å². The van der Waals surface area contributed by atoms with Crippen molar-refractivity contribution >= 4 is 11.6 Å². The van der Waals surface area contributed by atoms with Gasteiger partial charge in [-0.3, -0.25) is 4.68 Å². The van der Waals surface area contributed by atoms with E-state index in [1.165, 1.54) is 0 Å². The Bertz CT molecular complexity index is 327. The quantitative estimate of drug-likeness (QED) is 0.837. The van der Waals surface area contributed by atoms with Crippen molar-refractivity contribution in [3.63, 3.8) is 0 Å². The molecule has 92 valence electrons. The maximum Gasteiger partial charge on any atom is 0.0835 e. The SMILES string of the molecule is CCCC(OC)C(N)c1c(Cl)cnn1CC. The third-order valence-electron chi connectivity index (χ3n) is 2.72. The predicted octanol–water partition coefficient (Wildman–Crippen LogP) is 2.37. The van der Waals surface area contributed by atoms with Crippen molar-refractivity contribution in [3.05, 3.63) is 16.9 Å². The van der Waals surface area contributed by atoms with Crippen LogP contribution in [0.3, 0.4) is 0 Å². The number of rotatable bonds is 6. The Balaban J connectivity index is 2.92. The predicted molar refractivity (Wildman–Crippen MR) is 65.5 cm³/mol. The molecular weight excluding hydrogens is 226 g/mol. The van der Waals surface area contributed by atoms with Gasteiger partial charge in [0, 0.05) is 13.7 Å². The first kappa shape index (κ1) is 13.5. The van der Waals surface area contributed by atoms with Gasteiger partial charge in [-0.2, -0.15) is 5.10 Å². The Kier molecular flexibility index (Phi) is 5.25.